The van der Waals surface area contributed by atoms with Crippen molar-refractivity contribution in [3.8, 4) is 0 Å². The van der Waals surface area contributed by atoms with E-state index in [1.807, 2.05) is 23.1 Å². The maximum atomic E-state index is 11.5. The molecule has 0 spiro atoms. The fraction of sp³-hybridized carbons (Fsp3) is 0.444. The summed E-state index contributed by atoms with van der Waals surface area (Å²) in [6.07, 6.45) is 0. The maximum absolute atomic E-state index is 11.5. The van der Waals surface area contributed by atoms with Crippen LogP contribution in [0.5, 0.6) is 0 Å². The zero-order valence-corrected chi connectivity index (χ0v) is 16.1. The first kappa shape index (κ1) is 18.7. The highest BCUT2D eigenvalue weighted by atomic mass is 35.5. The van der Waals surface area contributed by atoms with Crippen molar-refractivity contribution in [2.45, 2.75) is 0 Å². The summed E-state index contributed by atoms with van der Waals surface area (Å²) in [4.78, 5) is 17.6. The summed E-state index contributed by atoms with van der Waals surface area (Å²) in [5.41, 5.74) is 1.80. The van der Waals surface area contributed by atoms with Crippen LogP contribution in [0.3, 0.4) is 0 Å². The van der Waals surface area contributed by atoms with Crippen molar-refractivity contribution >= 4 is 34.5 Å². The molecule has 2 aliphatic heterocycles. The third-order valence-corrected chi connectivity index (χ3v) is 5.30. The Kier molecular flexibility index (Phi) is 5.45. The van der Waals surface area contributed by atoms with Crippen molar-refractivity contribution in [1.29, 1.82) is 0 Å². The van der Waals surface area contributed by atoms with Gasteiger partial charge in [-0.1, -0.05) is 11.6 Å². The zero-order valence-electron chi connectivity index (χ0n) is 15.3. The van der Waals surface area contributed by atoms with Gasteiger partial charge in [0.25, 0.3) is 5.69 Å². The normalized spacial score (nSPS) is 17.7. The van der Waals surface area contributed by atoms with Gasteiger partial charge in [0.2, 0.25) is 0 Å². The van der Waals surface area contributed by atoms with Gasteiger partial charge in [-0.15, -0.1) is 10.2 Å². The predicted molar refractivity (Wildman–Crippen MR) is 108 cm³/mol. The number of aromatic nitrogens is 2. The van der Waals surface area contributed by atoms with Crippen molar-refractivity contribution in [1.82, 2.24) is 10.2 Å². The molecule has 2 aromatic rings. The molecular weight excluding hydrogens is 384 g/mol. The lowest BCUT2D eigenvalue weighted by molar-refractivity contribution is -0.384. The lowest BCUT2D eigenvalue weighted by Crippen LogP contribution is -2.47. The Morgan fingerprint density at radius 1 is 0.929 bits per heavy atom. The topological polar surface area (TPSA) is 87.9 Å². The summed E-state index contributed by atoms with van der Waals surface area (Å²) in [5, 5.41) is 19.9. The summed E-state index contributed by atoms with van der Waals surface area (Å²) in [6.45, 7) is 5.67. The third kappa shape index (κ3) is 3.95. The molecule has 0 atom stereocenters. The van der Waals surface area contributed by atoms with Crippen LogP contribution in [0.1, 0.15) is 0 Å². The quantitative estimate of drug-likeness (QED) is 0.566. The number of nitro groups is 1. The molecule has 0 saturated carbocycles. The number of rotatable bonds is 4. The molecule has 28 heavy (non-hydrogen) atoms. The monoisotopic (exact) mass is 404 g/mol. The smallest absolute Gasteiger partial charge is 0.292 e. The molecule has 10 heteroatoms. The number of hydrogen-bond acceptors (Lipinski definition) is 8. The van der Waals surface area contributed by atoms with Crippen LogP contribution >= 0.6 is 11.6 Å². The van der Waals surface area contributed by atoms with Crippen molar-refractivity contribution in [2.24, 2.45) is 0 Å². The molecule has 2 fully saturated rings. The molecule has 9 nitrogen and oxygen atoms in total. The molecular formula is C18H21ClN6O3. The molecule has 1 aromatic heterocycles. The Morgan fingerprint density at radius 3 is 2.29 bits per heavy atom. The average Bonchev–Trinajstić information content (AvgIpc) is 2.74. The minimum Gasteiger partial charge on any atom is -0.378 e. The van der Waals surface area contributed by atoms with Gasteiger partial charge in [-0.05, 0) is 24.3 Å². The van der Waals surface area contributed by atoms with Crippen LogP contribution < -0.4 is 14.7 Å². The number of morpholine rings is 1. The molecule has 2 aliphatic rings. The highest BCUT2D eigenvalue weighted by molar-refractivity contribution is 6.29. The summed E-state index contributed by atoms with van der Waals surface area (Å²) in [6, 6.07) is 8.98. The fourth-order valence-corrected chi connectivity index (χ4v) is 3.69. The van der Waals surface area contributed by atoms with Crippen LogP contribution in [0.15, 0.2) is 30.3 Å². The summed E-state index contributed by atoms with van der Waals surface area (Å²) in [5.74, 6) is 0.807. The van der Waals surface area contributed by atoms with Gasteiger partial charge in [-0.25, -0.2) is 0 Å². The number of nitro benzene ring substituents is 1. The van der Waals surface area contributed by atoms with Gasteiger partial charge in [-0.3, -0.25) is 10.1 Å². The van der Waals surface area contributed by atoms with Gasteiger partial charge in [0.1, 0.15) is 5.69 Å². The first-order chi connectivity index (χ1) is 13.6. The molecule has 2 saturated heterocycles. The fourth-order valence-electron chi connectivity index (χ4n) is 3.59. The molecule has 1 aromatic carbocycles. The molecule has 3 heterocycles. The lowest BCUT2D eigenvalue weighted by atomic mass is 10.1. The van der Waals surface area contributed by atoms with Gasteiger partial charge >= 0.3 is 0 Å². The molecule has 4 rings (SSSR count). The van der Waals surface area contributed by atoms with E-state index in [2.05, 4.69) is 20.0 Å². The second kappa shape index (κ2) is 8.15. The van der Waals surface area contributed by atoms with E-state index in [-0.39, 0.29) is 10.6 Å². The Hall–Kier alpha value is -2.65. The zero-order chi connectivity index (χ0) is 19.5. The van der Waals surface area contributed by atoms with Crippen molar-refractivity contribution in [3.05, 3.63) is 45.6 Å². The van der Waals surface area contributed by atoms with Crippen molar-refractivity contribution in [2.75, 3.05) is 67.2 Å². The van der Waals surface area contributed by atoms with E-state index in [1.165, 1.54) is 0 Å². The number of hydrogen-bond donors (Lipinski definition) is 0. The third-order valence-electron chi connectivity index (χ3n) is 5.09. The molecule has 0 unspecified atom stereocenters. The van der Waals surface area contributed by atoms with E-state index in [0.29, 0.717) is 37.1 Å². The van der Waals surface area contributed by atoms with E-state index in [0.717, 1.165) is 37.7 Å². The molecule has 0 N–H and O–H groups in total. The average molecular weight is 405 g/mol. The standard InChI is InChI=1S/C18H21ClN6O3/c19-17-3-4-18(21-20-17)24-7-5-22(6-8-24)14-1-2-15(25(26)27)16(13-14)23-9-11-28-12-10-23/h1-4,13H,5-12H2. The Labute approximate surface area is 167 Å². The minimum absolute atomic E-state index is 0.140. The van der Waals surface area contributed by atoms with Gasteiger partial charge < -0.3 is 19.4 Å². The van der Waals surface area contributed by atoms with E-state index in [4.69, 9.17) is 16.3 Å². The molecule has 148 valence electrons. The number of benzene rings is 1. The van der Waals surface area contributed by atoms with E-state index in [1.54, 1.807) is 12.1 Å². The first-order valence-corrected chi connectivity index (χ1v) is 9.60. The SMILES string of the molecule is O=[N+]([O-])c1ccc(N2CCN(c3ccc(Cl)nn3)CC2)cc1N1CCOCC1. The molecule has 0 bridgehead atoms. The Balaban J connectivity index is 1.50. The van der Waals surface area contributed by atoms with E-state index in [9.17, 15) is 10.1 Å². The lowest BCUT2D eigenvalue weighted by Gasteiger charge is -2.37. The first-order valence-electron chi connectivity index (χ1n) is 9.22. The van der Waals surface area contributed by atoms with Crippen LogP contribution in [0.4, 0.5) is 22.9 Å². The Bertz CT molecular complexity index is 836. The van der Waals surface area contributed by atoms with Crippen LogP contribution in [-0.4, -0.2) is 67.6 Å². The number of ether oxygens (including phenoxy) is 1. The van der Waals surface area contributed by atoms with Crippen molar-refractivity contribution < 1.29 is 9.66 Å². The minimum atomic E-state index is -0.314. The Morgan fingerprint density at radius 2 is 1.64 bits per heavy atom. The largest absolute Gasteiger partial charge is 0.378 e. The molecule has 0 aliphatic carbocycles. The number of halogens is 1. The molecule has 0 amide bonds. The van der Waals surface area contributed by atoms with Gasteiger partial charge in [0.15, 0.2) is 11.0 Å². The number of nitrogens with zero attached hydrogens (tertiary/aromatic N) is 6. The maximum Gasteiger partial charge on any atom is 0.292 e. The summed E-state index contributed by atoms with van der Waals surface area (Å²) >= 11 is 5.81. The van der Waals surface area contributed by atoms with Gasteiger partial charge in [-0.2, -0.15) is 0 Å². The van der Waals surface area contributed by atoms with Crippen LogP contribution in [0.2, 0.25) is 5.15 Å². The van der Waals surface area contributed by atoms with E-state index >= 15 is 0 Å². The number of anilines is 3. The second-order valence-corrected chi connectivity index (χ2v) is 7.11. The van der Waals surface area contributed by atoms with Crippen LogP contribution in [-0.2, 0) is 4.74 Å². The van der Waals surface area contributed by atoms with E-state index < -0.39 is 0 Å². The molecule has 0 radical (unpaired) electrons. The van der Waals surface area contributed by atoms with Gasteiger partial charge in [0.05, 0.1) is 18.1 Å². The van der Waals surface area contributed by atoms with Gasteiger partial charge in [0, 0.05) is 51.0 Å². The highest BCUT2D eigenvalue weighted by Crippen LogP contribution is 2.33. The second-order valence-electron chi connectivity index (χ2n) is 6.72. The highest BCUT2D eigenvalue weighted by Gasteiger charge is 2.25. The number of piperazine rings is 1. The van der Waals surface area contributed by atoms with Crippen LogP contribution in [0.25, 0.3) is 0 Å². The summed E-state index contributed by atoms with van der Waals surface area (Å²) < 4.78 is 5.38. The van der Waals surface area contributed by atoms with Crippen molar-refractivity contribution in [3.63, 3.8) is 0 Å². The summed E-state index contributed by atoms with van der Waals surface area (Å²) in [7, 11) is 0. The van der Waals surface area contributed by atoms with Crippen LogP contribution in [0, 0.1) is 10.1 Å². The predicted octanol–water partition coefficient (Wildman–Crippen LogP) is 2.20.